The molecule has 0 aromatic rings. The molecule has 17 heavy (non-hydrogen) atoms. The molecule has 0 aliphatic heterocycles. The van der Waals surface area contributed by atoms with E-state index in [9.17, 15) is 4.79 Å². The third-order valence-electron chi connectivity index (χ3n) is 1.02. The van der Waals surface area contributed by atoms with Crippen LogP contribution >= 0.6 is 0 Å². The number of carbonyl (C=O) groups excluding carboxylic acids is 1. The van der Waals surface area contributed by atoms with Crippen LogP contribution < -0.4 is 0 Å². The molecule has 0 N–H and O–H groups in total. The Labute approximate surface area is 113 Å². The quantitative estimate of drug-likeness (QED) is 0.250. The van der Waals surface area contributed by atoms with Crippen molar-refractivity contribution in [1.82, 2.24) is 0 Å². The summed E-state index contributed by atoms with van der Waals surface area (Å²) >= 11 is 0. The van der Waals surface area contributed by atoms with Crippen LogP contribution in [0.3, 0.4) is 0 Å². The Morgan fingerprint density at radius 3 is 1.71 bits per heavy atom. The maximum Gasteiger partial charge on any atom is 0.00506 e. The molecular weight excluding hydrogens is 260 g/mol. The van der Waals surface area contributed by atoms with Crippen LogP contribution in [0.5, 0.6) is 0 Å². The molecule has 1 radical (unpaired) electrons. The van der Waals surface area contributed by atoms with Gasteiger partial charge in [0.2, 0.25) is 0 Å². The van der Waals surface area contributed by atoms with Crippen molar-refractivity contribution in [3.05, 3.63) is 68.3 Å². The molecule has 0 aromatic carbocycles. The first-order chi connectivity index (χ1) is 7.91. The van der Waals surface area contributed by atoms with Crippen LogP contribution in [0.1, 0.15) is 6.92 Å². The molecule has 0 unspecified atom stereocenters. The summed E-state index contributed by atoms with van der Waals surface area (Å²) in [6, 6.07) is 0. The van der Waals surface area contributed by atoms with Crippen molar-refractivity contribution >= 4 is 6.29 Å². The smallest absolute Gasteiger partial charge is 0.00506 e. The van der Waals surface area contributed by atoms with E-state index in [-0.39, 0.29) is 17.1 Å². The molecular formula is C13H12FeO3-. The summed E-state index contributed by atoms with van der Waals surface area (Å²) < 4.78 is 15.0. The minimum absolute atomic E-state index is 0. The van der Waals surface area contributed by atoms with E-state index in [2.05, 4.69) is 13.3 Å². The fraction of sp³-hybridized carbons (Fsp3) is 0.0769. The van der Waals surface area contributed by atoms with Gasteiger partial charge in [-0.1, -0.05) is 24.3 Å². The minimum Gasteiger partial charge on any atom is -0.0767 e. The van der Waals surface area contributed by atoms with Crippen molar-refractivity contribution in [3.8, 4) is 0 Å². The van der Waals surface area contributed by atoms with Gasteiger partial charge in [0.15, 0.2) is 0 Å². The first-order valence-electron chi connectivity index (χ1n) is 4.15. The molecule has 91 valence electrons. The van der Waals surface area contributed by atoms with Gasteiger partial charge in [-0.25, -0.2) is 6.08 Å². The average Bonchev–Trinajstić information content (AvgIpc) is 2.94. The third kappa shape index (κ3) is 40.1. The summed E-state index contributed by atoms with van der Waals surface area (Å²) in [7, 11) is 0. The van der Waals surface area contributed by atoms with Crippen molar-refractivity contribution < 1.29 is 31.2 Å². The monoisotopic (exact) mass is 272 g/mol. The van der Waals surface area contributed by atoms with E-state index >= 15 is 0 Å². The first-order valence-corrected chi connectivity index (χ1v) is 4.15. The van der Waals surface area contributed by atoms with Crippen LogP contribution in [0.4, 0.5) is 0 Å². The van der Waals surface area contributed by atoms with Gasteiger partial charge in [-0.3, -0.25) is 0 Å². The van der Waals surface area contributed by atoms with Crippen LogP contribution in [-0.4, -0.2) is 6.29 Å². The topological polar surface area (TPSA) is 56.9 Å². The number of hydrogen-bond acceptors (Lipinski definition) is 1. The summed E-state index contributed by atoms with van der Waals surface area (Å²) in [5.41, 5.74) is 0. The summed E-state index contributed by atoms with van der Waals surface area (Å²) in [5, 5.41) is 0. The zero-order valence-electron chi connectivity index (χ0n) is 9.27. The molecule has 0 heterocycles. The zero-order chi connectivity index (χ0) is 13.1. The van der Waals surface area contributed by atoms with Gasteiger partial charge in [-0.15, -0.1) is 12.2 Å². The molecule has 1 aliphatic rings. The van der Waals surface area contributed by atoms with Crippen molar-refractivity contribution in [3.63, 3.8) is 0 Å². The van der Waals surface area contributed by atoms with Crippen LogP contribution in [-0.2, 0) is 31.2 Å². The van der Waals surface area contributed by atoms with Crippen molar-refractivity contribution in [2.45, 2.75) is 6.92 Å². The molecule has 0 aromatic heterocycles. The molecule has 0 spiro atoms. The predicted octanol–water partition coefficient (Wildman–Crippen LogP) is 2.47. The average molecular weight is 272 g/mol. The van der Waals surface area contributed by atoms with Gasteiger partial charge in [0, 0.05) is 23.5 Å². The van der Waals surface area contributed by atoms with E-state index in [1.807, 2.05) is 43.7 Å². The Hall–Kier alpha value is -1.37. The summed E-state index contributed by atoms with van der Waals surface area (Å²) in [6.07, 6.45) is 18.2. The minimum atomic E-state index is 0. The number of rotatable bonds is 2. The van der Waals surface area contributed by atoms with Crippen LogP contribution in [0, 0.1) is 19.7 Å². The van der Waals surface area contributed by atoms with Crippen molar-refractivity contribution in [2.24, 2.45) is 0 Å². The van der Waals surface area contributed by atoms with E-state index in [0.29, 0.717) is 0 Å². The molecule has 1 rings (SSSR count). The van der Waals surface area contributed by atoms with Gasteiger partial charge in [0.25, 0.3) is 0 Å². The zero-order valence-corrected chi connectivity index (χ0v) is 10.4. The van der Waals surface area contributed by atoms with Crippen LogP contribution in [0.15, 0.2) is 48.6 Å². The standard InChI is InChI=1S/C6H7O.C5H5.2CO.Fe/c1-2-3-4-5-6-7;1-2-4-5-3-1;2*1-2;/h2-5H,1H3;1-5H;;;/q-1;;;;/b3-2+,5-4+;;;;. The van der Waals surface area contributed by atoms with E-state index < -0.39 is 0 Å². The Morgan fingerprint density at radius 2 is 1.47 bits per heavy atom. The Bertz CT molecular complexity index is 268. The summed E-state index contributed by atoms with van der Waals surface area (Å²) in [4.78, 5) is 9.43. The van der Waals surface area contributed by atoms with Crippen molar-refractivity contribution in [1.29, 1.82) is 0 Å². The van der Waals surface area contributed by atoms with Crippen molar-refractivity contribution in [2.75, 3.05) is 0 Å². The molecule has 0 saturated heterocycles. The molecule has 0 atom stereocenters. The molecule has 0 bridgehead atoms. The molecule has 0 amide bonds. The maximum absolute atomic E-state index is 9.43. The van der Waals surface area contributed by atoms with E-state index in [4.69, 9.17) is 9.30 Å². The molecule has 0 fully saturated rings. The second-order valence-electron chi connectivity index (χ2n) is 1.97. The van der Waals surface area contributed by atoms with Gasteiger partial charge < -0.3 is 4.79 Å². The SMILES string of the molecule is C/C=C/C=C/[C-]=O.[C-]#[O+].[C-]#[O+].[CH]1C=CC=C1.[Fe]. The second-order valence-corrected chi connectivity index (χ2v) is 1.97. The Balaban J connectivity index is -0.0000000747. The number of allylic oxidation sites excluding steroid dienone is 8. The third-order valence-corrected chi connectivity index (χ3v) is 1.02. The van der Waals surface area contributed by atoms with Gasteiger partial charge in [-0.2, -0.15) is 6.08 Å². The molecule has 4 heteroatoms. The van der Waals surface area contributed by atoms with Crippen LogP contribution in [0.2, 0.25) is 0 Å². The van der Waals surface area contributed by atoms with Gasteiger partial charge in [-0.05, 0) is 13.2 Å². The molecule has 1 aliphatic carbocycles. The fourth-order valence-corrected chi connectivity index (χ4v) is 0.527. The first kappa shape index (κ1) is 24.7. The number of hydrogen-bond donors (Lipinski definition) is 0. The predicted molar refractivity (Wildman–Crippen MR) is 60.1 cm³/mol. The maximum atomic E-state index is 9.43. The Kier molecular flexibility index (Phi) is 53.1. The van der Waals surface area contributed by atoms with Gasteiger partial charge >= 0.3 is 22.6 Å². The van der Waals surface area contributed by atoms with Gasteiger partial charge in [0.1, 0.15) is 0 Å². The van der Waals surface area contributed by atoms with E-state index in [1.54, 1.807) is 18.4 Å². The fourth-order valence-electron chi connectivity index (χ4n) is 0.527. The largest absolute Gasteiger partial charge is 0.0767 e. The van der Waals surface area contributed by atoms with Crippen LogP contribution in [0.25, 0.3) is 0 Å². The Morgan fingerprint density at radius 1 is 1.00 bits per heavy atom. The molecule has 3 nitrogen and oxygen atoms in total. The summed E-state index contributed by atoms with van der Waals surface area (Å²) in [6.45, 7) is 10.9. The summed E-state index contributed by atoms with van der Waals surface area (Å²) in [5.74, 6) is 0. The van der Waals surface area contributed by atoms with E-state index in [1.165, 1.54) is 6.08 Å². The normalized spacial score (nSPS) is 9.94. The second kappa shape index (κ2) is 36.5. The van der Waals surface area contributed by atoms with Gasteiger partial charge in [0.05, 0.1) is 0 Å². The molecule has 0 saturated carbocycles. The van der Waals surface area contributed by atoms with E-state index in [0.717, 1.165) is 0 Å².